The minimum Gasteiger partial charge on any atom is -0.317 e. The van der Waals surface area contributed by atoms with E-state index in [-0.39, 0.29) is 0 Å². The molecule has 2 heteroatoms. The molecule has 1 saturated carbocycles. The third-order valence-corrected chi connectivity index (χ3v) is 4.71. The molecule has 16 heavy (non-hydrogen) atoms. The number of hydrogen-bond donors (Lipinski definition) is 1. The second kappa shape index (κ2) is 6.02. The van der Waals surface area contributed by atoms with Crippen LogP contribution in [-0.2, 0) is 0 Å². The number of hydrogen-bond acceptors (Lipinski definition) is 2. The lowest BCUT2D eigenvalue weighted by atomic mass is 9.84. The largest absolute Gasteiger partial charge is 0.317 e. The highest BCUT2D eigenvalue weighted by molar-refractivity contribution is 4.84. The molecular formula is C14H28N2. The summed E-state index contributed by atoms with van der Waals surface area (Å²) in [5.41, 5.74) is 0. The number of rotatable bonds is 2. The van der Waals surface area contributed by atoms with Crippen molar-refractivity contribution in [3.63, 3.8) is 0 Å². The Balaban J connectivity index is 1.90. The van der Waals surface area contributed by atoms with Crippen molar-refractivity contribution in [2.45, 2.75) is 64.0 Å². The van der Waals surface area contributed by atoms with Crippen LogP contribution in [0, 0.1) is 5.92 Å². The Hall–Kier alpha value is -0.0800. The van der Waals surface area contributed by atoms with Crippen molar-refractivity contribution in [2.24, 2.45) is 5.92 Å². The Morgan fingerprint density at radius 3 is 2.56 bits per heavy atom. The average Bonchev–Trinajstić information content (AvgIpc) is 2.57. The van der Waals surface area contributed by atoms with Crippen LogP contribution < -0.4 is 5.32 Å². The van der Waals surface area contributed by atoms with Gasteiger partial charge in [0.1, 0.15) is 0 Å². The van der Waals surface area contributed by atoms with Crippen molar-refractivity contribution in [1.29, 1.82) is 0 Å². The summed E-state index contributed by atoms with van der Waals surface area (Å²) in [6, 6.07) is 1.69. The van der Waals surface area contributed by atoms with E-state index in [1.807, 2.05) is 0 Å². The summed E-state index contributed by atoms with van der Waals surface area (Å²) in [5, 5.41) is 3.52. The van der Waals surface area contributed by atoms with Crippen molar-refractivity contribution < 1.29 is 0 Å². The van der Waals surface area contributed by atoms with E-state index in [0.717, 1.165) is 18.0 Å². The first kappa shape index (κ1) is 12.4. The Morgan fingerprint density at radius 2 is 1.75 bits per heavy atom. The molecule has 3 unspecified atom stereocenters. The van der Waals surface area contributed by atoms with Gasteiger partial charge in [0.25, 0.3) is 0 Å². The lowest BCUT2D eigenvalue weighted by Gasteiger charge is -2.40. The van der Waals surface area contributed by atoms with Gasteiger partial charge in [0, 0.05) is 12.1 Å². The Bertz CT molecular complexity index is 197. The maximum atomic E-state index is 3.52. The smallest absolute Gasteiger partial charge is 0.0121 e. The lowest BCUT2D eigenvalue weighted by molar-refractivity contribution is 0.0900. The van der Waals surface area contributed by atoms with Crippen LogP contribution in [0.25, 0.3) is 0 Å². The molecule has 94 valence electrons. The predicted molar refractivity (Wildman–Crippen MR) is 69.7 cm³/mol. The van der Waals surface area contributed by atoms with Crippen LogP contribution in [0.5, 0.6) is 0 Å². The molecule has 0 aromatic heterocycles. The van der Waals surface area contributed by atoms with E-state index >= 15 is 0 Å². The van der Waals surface area contributed by atoms with Crippen molar-refractivity contribution in [3.05, 3.63) is 0 Å². The van der Waals surface area contributed by atoms with Gasteiger partial charge in [-0.3, -0.25) is 0 Å². The van der Waals surface area contributed by atoms with Crippen LogP contribution in [0.15, 0.2) is 0 Å². The van der Waals surface area contributed by atoms with Crippen LogP contribution in [-0.4, -0.2) is 37.1 Å². The normalized spacial score (nSPS) is 37.3. The van der Waals surface area contributed by atoms with Gasteiger partial charge in [0.05, 0.1) is 0 Å². The molecule has 1 saturated heterocycles. The summed E-state index contributed by atoms with van der Waals surface area (Å²) in [4.78, 5) is 2.72. The third-order valence-electron chi connectivity index (χ3n) is 4.71. The second-order valence-corrected chi connectivity index (χ2v) is 5.83. The molecule has 3 atom stereocenters. The van der Waals surface area contributed by atoms with Gasteiger partial charge in [-0.15, -0.1) is 0 Å². The molecule has 2 rings (SSSR count). The highest BCUT2D eigenvalue weighted by Crippen LogP contribution is 2.29. The quantitative estimate of drug-likeness (QED) is 0.776. The molecule has 0 bridgehead atoms. The van der Waals surface area contributed by atoms with Gasteiger partial charge >= 0.3 is 0 Å². The summed E-state index contributed by atoms with van der Waals surface area (Å²) in [6.45, 7) is 4.90. The van der Waals surface area contributed by atoms with Gasteiger partial charge in [0.2, 0.25) is 0 Å². The SMILES string of the molecule is CC1CCCCC1N(C)C1CCCNCC1. The van der Waals surface area contributed by atoms with Crippen molar-refractivity contribution in [1.82, 2.24) is 10.2 Å². The van der Waals surface area contributed by atoms with Crippen LogP contribution >= 0.6 is 0 Å². The summed E-state index contributed by atoms with van der Waals surface area (Å²) >= 11 is 0. The zero-order valence-corrected chi connectivity index (χ0v) is 11.0. The first-order valence-corrected chi connectivity index (χ1v) is 7.21. The van der Waals surface area contributed by atoms with Gasteiger partial charge in [-0.05, 0) is 58.2 Å². The molecule has 0 aromatic rings. The lowest BCUT2D eigenvalue weighted by Crippen LogP contribution is -2.45. The van der Waals surface area contributed by atoms with Gasteiger partial charge < -0.3 is 10.2 Å². The maximum absolute atomic E-state index is 3.52. The van der Waals surface area contributed by atoms with E-state index < -0.39 is 0 Å². The molecule has 1 aliphatic carbocycles. The zero-order valence-electron chi connectivity index (χ0n) is 11.0. The predicted octanol–water partition coefficient (Wildman–Crippen LogP) is 2.64. The number of nitrogens with one attached hydrogen (secondary N) is 1. The topological polar surface area (TPSA) is 15.3 Å². The van der Waals surface area contributed by atoms with Gasteiger partial charge in [-0.1, -0.05) is 19.8 Å². The standard InChI is InChI=1S/C14H28N2/c1-12-6-3-4-8-14(12)16(2)13-7-5-10-15-11-9-13/h12-15H,3-11H2,1-2H3. The second-order valence-electron chi connectivity index (χ2n) is 5.83. The van der Waals surface area contributed by atoms with Gasteiger partial charge in [0.15, 0.2) is 0 Å². The van der Waals surface area contributed by atoms with Crippen molar-refractivity contribution >= 4 is 0 Å². The summed E-state index contributed by atoms with van der Waals surface area (Å²) in [5.74, 6) is 0.912. The van der Waals surface area contributed by atoms with Crippen molar-refractivity contribution in [2.75, 3.05) is 20.1 Å². The van der Waals surface area contributed by atoms with Crippen LogP contribution in [0.2, 0.25) is 0 Å². The van der Waals surface area contributed by atoms with Gasteiger partial charge in [-0.2, -0.15) is 0 Å². The molecule has 0 radical (unpaired) electrons. The molecule has 1 aliphatic heterocycles. The van der Waals surface area contributed by atoms with E-state index in [0.29, 0.717) is 0 Å². The van der Waals surface area contributed by atoms with E-state index in [1.165, 1.54) is 58.0 Å². The molecule has 0 aromatic carbocycles. The van der Waals surface area contributed by atoms with E-state index in [2.05, 4.69) is 24.2 Å². The molecule has 1 heterocycles. The van der Waals surface area contributed by atoms with E-state index in [4.69, 9.17) is 0 Å². The van der Waals surface area contributed by atoms with Crippen molar-refractivity contribution in [3.8, 4) is 0 Å². The summed E-state index contributed by atoms with van der Waals surface area (Å²) < 4.78 is 0. The highest BCUT2D eigenvalue weighted by atomic mass is 15.2. The highest BCUT2D eigenvalue weighted by Gasteiger charge is 2.29. The Kier molecular flexibility index (Phi) is 4.66. The summed E-state index contributed by atoms with van der Waals surface area (Å²) in [6.07, 6.45) is 9.88. The van der Waals surface area contributed by atoms with E-state index in [9.17, 15) is 0 Å². The number of nitrogens with zero attached hydrogens (tertiary/aromatic N) is 1. The monoisotopic (exact) mass is 224 g/mol. The van der Waals surface area contributed by atoms with E-state index in [1.54, 1.807) is 0 Å². The average molecular weight is 224 g/mol. The third kappa shape index (κ3) is 2.98. The zero-order chi connectivity index (χ0) is 11.4. The van der Waals surface area contributed by atoms with Crippen LogP contribution in [0.1, 0.15) is 51.9 Å². The fourth-order valence-electron chi connectivity index (χ4n) is 3.58. The minimum atomic E-state index is 0.834. The Morgan fingerprint density at radius 1 is 0.938 bits per heavy atom. The molecule has 2 fully saturated rings. The first-order valence-electron chi connectivity index (χ1n) is 7.21. The molecular weight excluding hydrogens is 196 g/mol. The molecule has 0 spiro atoms. The molecule has 2 nitrogen and oxygen atoms in total. The first-order chi connectivity index (χ1) is 7.79. The summed E-state index contributed by atoms with van der Waals surface area (Å²) in [7, 11) is 2.38. The van der Waals surface area contributed by atoms with Crippen LogP contribution in [0.4, 0.5) is 0 Å². The van der Waals surface area contributed by atoms with Gasteiger partial charge in [-0.25, -0.2) is 0 Å². The van der Waals surface area contributed by atoms with Crippen LogP contribution in [0.3, 0.4) is 0 Å². The minimum absolute atomic E-state index is 0.834. The molecule has 1 N–H and O–H groups in total. The fourth-order valence-corrected chi connectivity index (χ4v) is 3.58. The maximum Gasteiger partial charge on any atom is 0.0121 e. The fraction of sp³-hybridized carbons (Fsp3) is 1.00. The molecule has 0 amide bonds. The Labute approximate surface area is 101 Å². The molecule has 2 aliphatic rings.